The maximum atomic E-state index is 6.82. The quantitative estimate of drug-likeness (QED) is 0.538. The van der Waals surface area contributed by atoms with Gasteiger partial charge in [-0.2, -0.15) is 0 Å². The number of hydrogen-bond acceptors (Lipinski definition) is 3. The summed E-state index contributed by atoms with van der Waals surface area (Å²) in [6.45, 7) is 5.67. The Balaban J connectivity index is 1.32. The number of nitrogens with zero attached hydrogens (tertiary/aromatic N) is 1. The van der Waals surface area contributed by atoms with Crippen LogP contribution in [0.15, 0.2) is 48.5 Å². The van der Waals surface area contributed by atoms with Gasteiger partial charge in [0.15, 0.2) is 0 Å². The van der Waals surface area contributed by atoms with Gasteiger partial charge in [-0.3, -0.25) is 0 Å². The molecule has 1 aliphatic heterocycles. The first-order valence-electron chi connectivity index (χ1n) is 13.1. The Morgan fingerprint density at radius 3 is 2.72 bits per heavy atom. The van der Waals surface area contributed by atoms with Crippen molar-refractivity contribution in [2.45, 2.75) is 76.9 Å². The highest BCUT2D eigenvalue weighted by Crippen LogP contribution is 2.44. The van der Waals surface area contributed by atoms with Gasteiger partial charge >= 0.3 is 0 Å². The Kier molecular flexibility index (Phi) is 7.02. The van der Waals surface area contributed by atoms with E-state index in [-0.39, 0.29) is 6.10 Å². The van der Waals surface area contributed by atoms with Crippen molar-refractivity contribution in [2.75, 3.05) is 24.5 Å². The summed E-state index contributed by atoms with van der Waals surface area (Å²) in [4.78, 5) is 2.53. The molecule has 32 heavy (non-hydrogen) atoms. The Morgan fingerprint density at radius 1 is 0.969 bits per heavy atom. The summed E-state index contributed by atoms with van der Waals surface area (Å²) in [5.41, 5.74) is 4.24. The van der Waals surface area contributed by atoms with E-state index in [2.05, 4.69) is 65.7 Å². The molecule has 1 heterocycles. The van der Waals surface area contributed by atoms with E-state index in [0.29, 0.717) is 12.0 Å². The molecule has 4 atom stereocenters. The van der Waals surface area contributed by atoms with Crippen molar-refractivity contribution >= 4 is 5.69 Å². The SMILES string of the molecule is CCNC1CCCC(CC2Cc3ccccc3C2Oc2cccc(N3CCCCC3)c2)C1. The molecule has 0 aromatic heterocycles. The zero-order chi connectivity index (χ0) is 21.8. The highest BCUT2D eigenvalue weighted by molar-refractivity contribution is 5.51. The van der Waals surface area contributed by atoms with Crippen LogP contribution in [0.25, 0.3) is 0 Å². The van der Waals surface area contributed by atoms with Crippen molar-refractivity contribution in [2.24, 2.45) is 11.8 Å². The molecule has 172 valence electrons. The van der Waals surface area contributed by atoms with Crippen molar-refractivity contribution in [1.29, 1.82) is 0 Å². The minimum absolute atomic E-state index is 0.183. The molecule has 2 fully saturated rings. The van der Waals surface area contributed by atoms with Crippen LogP contribution in [0.2, 0.25) is 0 Å². The predicted octanol–water partition coefficient (Wildman–Crippen LogP) is 6.53. The van der Waals surface area contributed by atoms with Gasteiger partial charge in [0.05, 0.1) is 0 Å². The van der Waals surface area contributed by atoms with E-state index < -0.39 is 0 Å². The molecule has 1 N–H and O–H groups in total. The molecule has 4 unspecified atom stereocenters. The summed E-state index contributed by atoms with van der Waals surface area (Å²) in [5.74, 6) is 2.43. The first-order valence-corrected chi connectivity index (χ1v) is 13.1. The van der Waals surface area contributed by atoms with Crippen LogP contribution in [-0.4, -0.2) is 25.7 Å². The third-order valence-corrected chi connectivity index (χ3v) is 7.99. The van der Waals surface area contributed by atoms with Crippen LogP contribution in [0.1, 0.15) is 75.5 Å². The molecule has 1 saturated carbocycles. The lowest BCUT2D eigenvalue weighted by molar-refractivity contribution is 0.120. The average molecular weight is 433 g/mol. The van der Waals surface area contributed by atoms with Crippen molar-refractivity contribution in [3.05, 3.63) is 59.7 Å². The van der Waals surface area contributed by atoms with E-state index in [1.807, 2.05) is 0 Å². The van der Waals surface area contributed by atoms with Gasteiger partial charge in [0.2, 0.25) is 0 Å². The minimum Gasteiger partial charge on any atom is -0.485 e. The molecule has 2 aromatic carbocycles. The second kappa shape index (κ2) is 10.3. The van der Waals surface area contributed by atoms with Gasteiger partial charge in [0.1, 0.15) is 11.9 Å². The number of hydrogen-bond donors (Lipinski definition) is 1. The Hall–Kier alpha value is -2.00. The van der Waals surface area contributed by atoms with Crippen LogP contribution in [0.4, 0.5) is 5.69 Å². The molecule has 2 aliphatic carbocycles. The lowest BCUT2D eigenvalue weighted by Gasteiger charge is -2.33. The summed E-state index contributed by atoms with van der Waals surface area (Å²) in [5, 5.41) is 3.71. The van der Waals surface area contributed by atoms with E-state index in [1.165, 1.54) is 81.3 Å². The smallest absolute Gasteiger partial charge is 0.127 e. The molecule has 1 saturated heterocycles. The van der Waals surface area contributed by atoms with E-state index in [9.17, 15) is 0 Å². The Bertz CT molecular complexity index is 873. The molecule has 0 spiro atoms. The van der Waals surface area contributed by atoms with Crippen LogP contribution >= 0.6 is 0 Å². The van der Waals surface area contributed by atoms with Gasteiger partial charge < -0.3 is 15.0 Å². The standard InChI is InChI=1S/C29H40N2O/c1-2-30-25-12-8-10-22(19-25)18-24-20-23-11-4-5-15-28(23)29(24)32-27-14-9-13-26(21-27)31-16-6-3-7-17-31/h4-5,9,11,13-15,21-22,24-25,29-30H,2-3,6-8,10,12,16-20H2,1H3. The van der Waals surface area contributed by atoms with Crippen molar-refractivity contribution in [3.63, 3.8) is 0 Å². The second-order valence-corrected chi connectivity index (χ2v) is 10.3. The predicted molar refractivity (Wildman–Crippen MR) is 134 cm³/mol. The first kappa shape index (κ1) is 21.8. The van der Waals surface area contributed by atoms with Gasteiger partial charge in [0, 0.05) is 36.8 Å². The lowest BCUT2D eigenvalue weighted by Crippen LogP contribution is -2.34. The van der Waals surface area contributed by atoms with Gasteiger partial charge in [-0.1, -0.05) is 50.1 Å². The third-order valence-electron chi connectivity index (χ3n) is 7.99. The first-order chi connectivity index (χ1) is 15.8. The summed E-state index contributed by atoms with van der Waals surface area (Å²) < 4.78 is 6.82. The fraction of sp³-hybridized carbons (Fsp3) is 0.586. The molecule has 0 amide bonds. The number of ether oxygens (including phenoxy) is 1. The van der Waals surface area contributed by atoms with Gasteiger partial charge in [0.25, 0.3) is 0 Å². The number of nitrogens with one attached hydrogen (secondary N) is 1. The molecule has 0 bridgehead atoms. The van der Waals surface area contributed by atoms with E-state index in [0.717, 1.165) is 24.6 Å². The van der Waals surface area contributed by atoms with Crippen LogP contribution in [-0.2, 0) is 6.42 Å². The topological polar surface area (TPSA) is 24.5 Å². The lowest BCUT2D eigenvalue weighted by atomic mass is 9.79. The summed E-state index contributed by atoms with van der Waals surface area (Å²) in [7, 11) is 0. The number of benzene rings is 2. The zero-order valence-electron chi connectivity index (χ0n) is 19.8. The van der Waals surface area contributed by atoms with Crippen molar-refractivity contribution < 1.29 is 4.74 Å². The monoisotopic (exact) mass is 432 g/mol. The molecule has 3 heteroatoms. The number of piperidine rings is 1. The Labute approximate surface area is 194 Å². The van der Waals surface area contributed by atoms with E-state index >= 15 is 0 Å². The fourth-order valence-electron chi connectivity index (χ4n) is 6.47. The molecule has 3 nitrogen and oxygen atoms in total. The highest BCUT2D eigenvalue weighted by Gasteiger charge is 2.36. The molecule has 3 aliphatic rings. The fourth-order valence-corrected chi connectivity index (χ4v) is 6.47. The van der Waals surface area contributed by atoms with Gasteiger partial charge in [-0.25, -0.2) is 0 Å². The molecular weight excluding hydrogens is 392 g/mol. The summed E-state index contributed by atoms with van der Waals surface area (Å²) >= 11 is 0. The van der Waals surface area contributed by atoms with Gasteiger partial charge in [-0.15, -0.1) is 0 Å². The number of fused-ring (bicyclic) bond motifs is 1. The highest BCUT2D eigenvalue weighted by atomic mass is 16.5. The van der Waals surface area contributed by atoms with Crippen LogP contribution in [0.3, 0.4) is 0 Å². The van der Waals surface area contributed by atoms with Gasteiger partial charge in [-0.05, 0) is 80.7 Å². The number of rotatable bonds is 7. The normalized spacial score (nSPS) is 27.8. The summed E-state index contributed by atoms with van der Waals surface area (Å²) in [6, 6.07) is 18.6. The minimum atomic E-state index is 0.183. The molecule has 0 radical (unpaired) electrons. The van der Waals surface area contributed by atoms with Crippen LogP contribution in [0.5, 0.6) is 5.75 Å². The molecule has 5 rings (SSSR count). The van der Waals surface area contributed by atoms with Crippen molar-refractivity contribution in [1.82, 2.24) is 5.32 Å². The summed E-state index contributed by atoms with van der Waals surface area (Å²) in [6.07, 6.45) is 12.0. The van der Waals surface area contributed by atoms with E-state index in [4.69, 9.17) is 4.74 Å². The Morgan fingerprint density at radius 2 is 1.84 bits per heavy atom. The zero-order valence-corrected chi connectivity index (χ0v) is 19.8. The second-order valence-electron chi connectivity index (χ2n) is 10.3. The van der Waals surface area contributed by atoms with Crippen LogP contribution < -0.4 is 15.0 Å². The maximum Gasteiger partial charge on any atom is 0.127 e. The maximum absolute atomic E-state index is 6.82. The largest absolute Gasteiger partial charge is 0.485 e. The van der Waals surface area contributed by atoms with Crippen molar-refractivity contribution in [3.8, 4) is 5.75 Å². The number of anilines is 1. The van der Waals surface area contributed by atoms with Crippen LogP contribution in [0, 0.1) is 11.8 Å². The molecule has 2 aromatic rings. The third kappa shape index (κ3) is 4.98. The van der Waals surface area contributed by atoms with E-state index in [1.54, 1.807) is 0 Å². The average Bonchev–Trinajstić information content (AvgIpc) is 3.17. The molecular formula is C29H40N2O.